The molecule has 0 unspecified atom stereocenters. The molecular weight excluding hydrogens is 595 g/mol. The van der Waals surface area contributed by atoms with Gasteiger partial charge in [0.05, 0.1) is 16.3 Å². The molecule has 2 aromatic carbocycles. The Kier molecular flexibility index (Phi) is 7.38. The second kappa shape index (κ2) is 11.1. The van der Waals surface area contributed by atoms with Gasteiger partial charge in [-0.2, -0.15) is 4.98 Å². The zero-order chi connectivity index (χ0) is 31.3. The van der Waals surface area contributed by atoms with Crippen LogP contribution in [0.4, 0.5) is 5.69 Å². The first-order valence-corrected chi connectivity index (χ1v) is 15.1. The van der Waals surface area contributed by atoms with Crippen molar-refractivity contribution in [1.29, 1.82) is 0 Å². The Bertz CT molecular complexity index is 2100. The number of amides is 1. The second-order valence-corrected chi connectivity index (χ2v) is 13.0. The molecular formula is C33H29N5O4S2. The quantitative estimate of drug-likeness (QED) is 0.176. The molecule has 0 N–H and O–H groups in total. The highest BCUT2D eigenvalue weighted by molar-refractivity contribution is 8.27. The van der Waals surface area contributed by atoms with E-state index in [0.717, 1.165) is 17.3 Å². The molecule has 1 amide bonds. The number of thiocarbonyl (C=S) groups is 1. The molecule has 1 aliphatic heterocycles. The lowest BCUT2D eigenvalue weighted by molar-refractivity contribution is -0.113. The second-order valence-electron chi connectivity index (χ2n) is 11.4. The van der Waals surface area contributed by atoms with E-state index >= 15 is 0 Å². The lowest BCUT2D eigenvalue weighted by Gasteiger charge is -2.19. The Labute approximate surface area is 263 Å². The fourth-order valence-corrected chi connectivity index (χ4v) is 6.27. The zero-order valence-electron chi connectivity index (χ0n) is 24.8. The first-order valence-electron chi connectivity index (χ1n) is 13.9. The number of pyridine rings is 1. The number of hydrogen-bond donors (Lipinski definition) is 0. The predicted molar refractivity (Wildman–Crippen MR) is 178 cm³/mol. The van der Waals surface area contributed by atoms with Crippen LogP contribution < -0.4 is 20.8 Å². The molecule has 44 heavy (non-hydrogen) atoms. The van der Waals surface area contributed by atoms with Gasteiger partial charge in [0, 0.05) is 13.2 Å². The summed E-state index contributed by atoms with van der Waals surface area (Å²) in [7, 11) is 1.75. The van der Waals surface area contributed by atoms with E-state index in [1.165, 1.54) is 20.1 Å². The minimum atomic E-state index is -0.510. The molecule has 0 radical (unpaired) electrons. The molecule has 3 aromatic heterocycles. The number of hydrogen-bond acceptors (Lipinski definition) is 7. The van der Waals surface area contributed by atoms with E-state index in [-0.39, 0.29) is 37.3 Å². The maximum absolute atomic E-state index is 13.9. The van der Waals surface area contributed by atoms with Gasteiger partial charge in [-0.3, -0.25) is 28.4 Å². The van der Waals surface area contributed by atoms with Gasteiger partial charge in [-0.1, -0.05) is 81.1 Å². The topological polar surface area (TPSA) is 90.8 Å². The maximum atomic E-state index is 13.9. The van der Waals surface area contributed by atoms with Crippen LogP contribution in [0, 0.1) is 6.92 Å². The standard InChI is InChI=1S/C33H29N5O4S2/c1-20-27(31(41)38(35(20)5)22-11-7-6-8-12-22)37-30(40)25(44-32(37)43)19-24-28(34-26-13-9-10-18-36(26)29(24)39)42-23-16-14-21(15-17-23)33(2,3)4/h6-19H,1-5H3. The lowest BCUT2D eigenvalue weighted by Crippen LogP contribution is -2.33. The van der Waals surface area contributed by atoms with Gasteiger partial charge in [0.2, 0.25) is 5.88 Å². The van der Waals surface area contributed by atoms with Gasteiger partial charge in [-0.15, -0.1) is 0 Å². The van der Waals surface area contributed by atoms with E-state index in [0.29, 0.717) is 22.8 Å². The van der Waals surface area contributed by atoms with Gasteiger partial charge < -0.3 is 4.74 Å². The average Bonchev–Trinajstić information content (AvgIpc) is 3.39. The molecule has 0 atom stereocenters. The Morgan fingerprint density at radius 2 is 1.59 bits per heavy atom. The summed E-state index contributed by atoms with van der Waals surface area (Å²) in [6, 6.07) is 22.0. The summed E-state index contributed by atoms with van der Waals surface area (Å²) in [5.41, 5.74) is 2.14. The fraction of sp³-hybridized carbons (Fsp3) is 0.182. The summed E-state index contributed by atoms with van der Waals surface area (Å²) in [6.45, 7) is 8.12. The maximum Gasteiger partial charge on any atom is 0.296 e. The molecule has 6 rings (SSSR count). The normalized spacial score (nSPS) is 14.7. The van der Waals surface area contributed by atoms with Crippen LogP contribution in [-0.4, -0.2) is 29.0 Å². The van der Waals surface area contributed by atoms with E-state index in [1.54, 1.807) is 43.0 Å². The number of ether oxygens (including phenoxy) is 1. The van der Waals surface area contributed by atoms with Crippen molar-refractivity contribution in [2.45, 2.75) is 33.1 Å². The van der Waals surface area contributed by atoms with Gasteiger partial charge in [0.1, 0.15) is 22.6 Å². The number of aromatic nitrogens is 4. The first kappa shape index (κ1) is 29.3. The number of carbonyl (C=O) groups is 1. The largest absolute Gasteiger partial charge is 0.438 e. The van der Waals surface area contributed by atoms with Crippen molar-refractivity contribution in [2.24, 2.45) is 7.05 Å². The number of benzene rings is 2. The van der Waals surface area contributed by atoms with Crippen molar-refractivity contribution < 1.29 is 9.53 Å². The number of fused-ring (bicyclic) bond motifs is 1. The molecule has 222 valence electrons. The van der Waals surface area contributed by atoms with Crippen molar-refractivity contribution >= 4 is 51.6 Å². The highest BCUT2D eigenvalue weighted by Gasteiger charge is 2.38. The molecule has 1 aliphatic rings. The Morgan fingerprint density at radius 1 is 0.909 bits per heavy atom. The summed E-state index contributed by atoms with van der Waals surface area (Å²) in [5, 5.41) is 0. The van der Waals surface area contributed by atoms with Gasteiger partial charge >= 0.3 is 0 Å². The molecule has 0 aliphatic carbocycles. The molecule has 1 fully saturated rings. The van der Waals surface area contributed by atoms with Crippen LogP contribution in [0.5, 0.6) is 11.6 Å². The summed E-state index contributed by atoms with van der Waals surface area (Å²) in [6.07, 6.45) is 3.05. The van der Waals surface area contributed by atoms with Crippen LogP contribution in [-0.2, 0) is 17.3 Å². The van der Waals surface area contributed by atoms with Crippen LogP contribution in [0.25, 0.3) is 17.4 Å². The number of nitrogens with zero attached hydrogens (tertiary/aromatic N) is 5. The van der Waals surface area contributed by atoms with E-state index in [2.05, 4.69) is 25.8 Å². The van der Waals surface area contributed by atoms with Gasteiger partial charge in [-0.05, 0) is 60.4 Å². The van der Waals surface area contributed by atoms with Crippen LogP contribution in [0.15, 0.2) is 93.5 Å². The number of rotatable bonds is 5. The first-order chi connectivity index (χ1) is 21.0. The number of thioether (sulfide) groups is 1. The highest BCUT2D eigenvalue weighted by atomic mass is 32.2. The van der Waals surface area contributed by atoms with Crippen LogP contribution in [0.2, 0.25) is 0 Å². The van der Waals surface area contributed by atoms with E-state index in [4.69, 9.17) is 17.0 Å². The Morgan fingerprint density at radius 3 is 2.27 bits per heavy atom. The van der Waals surface area contributed by atoms with Gasteiger partial charge in [0.25, 0.3) is 17.0 Å². The molecule has 0 bridgehead atoms. The van der Waals surface area contributed by atoms with Crippen molar-refractivity contribution in [3.63, 3.8) is 0 Å². The molecule has 9 nitrogen and oxygen atoms in total. The van der Waals surface area contributed by atoms with E-state index in [9.17, 15) is 14.4 Å². The van der Waals surface area contributed by atoms with Crippen molar-refractivity contribution in [3.05, 3.63) is 121 Å². The van der Waals surface area contributed by atoms with E-state index in [1.807, 2.05) is 54.6 Å². The predicted octanol–water partition coefficient (Wildman–Crippen LogP) is 5.99. The molecule has 0 spiro atoms. The van der Waals surface area contributed by atoms with Gasteiger partial charge in [0.15, 0.2) is 4.32 Å². The van der Waals surface area contributed by atoms with E-state index < -0.39 is 11.5 Å². The summed E-state index contributed by atoms with van der Waals surface area (Å²) >= 11 is 6.62. The Hall–Kier alpha value is -4.74. The highest BCUT2D eigenvalue weighted by Crippen LogP contribution is 2.37. The van der Waals surface area contributed by atoms with Gasteiger partial charge in [-0.25, -0.2) is 4.68 Å². The third kappa shape index (κ3) is 5.07. The SMILES string of the molecule is Cc1c(N2C(=O)C(=Cc3c(Oc4ccc(C(C)(C)C)cc4)nc4ccccn4c3=O)SC2=S)c(=O)n(-c2ccccc2)n1C. The fourth-order valence-electron chi connectivity index (χ4n) is 5.02. The molecule has 1 saturated heterocycles. The van der Waals surface area contributed by atoms with Crippen molar-refractivity contribution in [2.75, 3.05) is 4.90 Å². The number of anilines is 1. The minimum absolute atomic E-state index is 0.0418. The van der Waals surface area contributed by atoms with Crippen molar-refractivity contribution in [3.8, 4) is 17.3 Å². The number of carbonyl (C=O) groups excluding carboxylic acids is 1. The number of para-hydroxylation sites is 1. The van der Waals surface area contributed by atoms with Crippen LogP contribution in [0.1, 0.15) is 37.6 Å². The molecule has 5 aromatic rings. The Balaban J connectivity index is 1.43. The minimum Gasteiger partial charge on any atom is -0.438 e. The zero-order valence-corrected chi connectivity index (χ0v) is 26.4. The third-order valence-electron chi connectivity index (χ3n) is 7.49. The molecule has 11 heteroatoms. The molecule has 0 saturated carbocycles. The summed E-state index contributed by atoms with van der Waals surface area (Å²) < 4.78 is 10.9. The van der Waals surface area contributed by atoms with Crippen LogP contribution >= 0.6 is 24.0 Å². The summed E-state index contributed by atoms with van der Waals surface area (Å²) in [5.74, 6) is 0.0371. The van der Waals surface area contributed by atoms with Crippen molar-refractivity contribution in [1.82, 2.24) is 18.7 Å². The third-order valence-corrected chi connectivity index (χ3v) is 8.79. The molecule has 4 heterocycles. The average molecular weight is 624 g/mol. The lowest BCUT2D eigenvalue weighted by atomic mass is 9.87. The van der Waals surface area contributed by atoms with Crippen LogP contribution in [0.3, 0.4) is 0 Å². The summed E-state index contributed by atoms with van der Waals surface area (Å²) in [4.78, 5) is 47.3. The monoisotopic (exact) mass is 623 g/mol. The smallest absolute Gasteiger partial charge is 0.296 e.